The lowest BCUT2D eigenvalue weighted by Gasteiger charge is -2.10. The Morgan fingerprint density at radius 1 is 1.12 bits per heavy atom. The normalized spacial score (nSPS) is 18.0. The standard InChI is InChI=1S/C4H9NO.H2O.H3P/c1-3-6-4-2-5-1;;/h5H,1-4H2;1H2;1H3. The summed E-state index contributed by atoms with van der Waals surface area (Å²) in [6, 6.07) is 0. The molecule has 3 nitrogen and oxygen atoms in total. The van der Waals surface area contributed by atoms with Crippen LogP contribution in [-0.4, -0.2) is 31.8 Å². The van der Waals surface area contributed by atoms with Crippen LogP contribution in [0.25, 0.3) is 0 Å². The molecule has 0 amide bonds. The van der Waals surface area contributed by atoms with E-state index in [0.29, 0.717) is 0 Å². The highest BCUT2D eigenvalue weighted by Gasteiger charge is 1.92. The zero-order chi connectivity index (χ0) is 4.24. The van der Waals surface area contributed by atoms with Gasteiger partial charge in [-0.1, -0.05) is 0 Å². The number of hydrogen-bond acceptors (Lipinski definition) is 2. The molecule has 1 aliphatic heterocycles. The zero-order valence-electron chi connectivity index (χ0n) is 4.94. The molecule has 1 rings (SSSR count). The summed E-state index contributed by atoms with van der Waals surface area (Å²) in [6.07, 6.45) is 0. The Bertz CT molecular complexity index is 29.5. The van der Waals surface area contributed by atoms with E-state index in [0.717, 1.165) is 26.3 Å². The largest absolute Gasteiger partial charge is 0.412 e. The molecule has 1 unspecified atom stereocenters. The summed E-state index contributed by atoms with van der Waals surface area (Å²) in [7, 11) is 0. The van der Waals surface area contributed by atoms with Gasteiger partial charge in [-0.2, -0.15) is 9.90 Å². The summed E-state index contributed by atoms with van der Waals surface area (Å²) in [5.74, 6) is 0. The molecule has 0 aromatic heterocycles. The minimum atomic E-state index is 0. The summed E-state index contributed by atoms with van der Waals surface area (Å²) in [6.45, 7) is 3.83. The van der Waals surface area contributed by atoms with E-state index in [9.17, 15) is 0 Å². The van der Waals surface area contributed by atoms with Gasteiger partial charge in [0, 0.05) is 13.1 Å². The molecule has 0 aromatic carbocycles. The third-order valence-corrected chi connectivity index (χ3v) is 0.846. The Labute approximate surface area is 52.7 Å². The van der Waals surface area contributed by atoms with Crippen LogP contribution in [0, 0.1) is 0 Å². The smallest absolute Gasteiger partial charge is 0.0591 e. The van der Waals surface area contributed by atoms with E-state index < -0.39 is 0 Å². The molecular formula is C4H14NO2P. The lowest BCUT2D eigenvalue weighted by atomic mass is 10.5. The highest BCUT2D eigenvalue weighted by atomic mass is 31.0. The first-order chi connectivity index (χ1) is 3.00. The fourth-order valence-corrected chi connectivity index (χ4v) is 0.516. The third kappa shape index (κ3) is 4.47. The molecule has 8 heavy (non-hydrogen) atoms. The minimum absolute atomic E-state index is 0. The van der Waals surface area contributed by atoms with Crippen LogP contribution in [0.4, 0.5) is 0 Å². The summed E-state index contributed by atoms with van der Waals surface area (Å²) < 4.78 is 5.01. The van der Waals surface area contributed by atoms with Crippen molar-refractivity contribution in [3.63, 3.8) is 0 Å². The Balaban J connectivity index is 0. The van der Waals surface area contributed by atoms with Gasteiger partial charge in [0.25, 0.3) is 0 Å². The van der Waals surface area contributed by atoms with Crippen molar-refractivity contribution in [3.05, 3.63) is 0 Å². The average molecular weight is 139 g/mol. The zero-order valence-corrected chi connectivity index (χ0v) is 6.36. The molecule has 0 bridgehead atoms. The number of ether oxygens (including phenoxy) is 1. The van der Waals surface area contributed by atoms with Gasteiger partial charge >= 0.3 is 0 Å². The van der Waals surface area contributed by atoms with E-state index >= 15 is 0 Å². The molecule has 1 fully saturated rings. The lowest BCUT2D eigenvalue weighted by Crippen LogP contribution is -2.30. The molecule has 4 heteroatoms. The van der Waals surface area contributed by atoms with Crippen molar-refractivity contribution in [3.8, 4) is 0 Å². The molecule has 1 heterocycles. The van der Waals surface area contributed by atoms with E-state index in [1.165, 1.54) is 0 Å². The highest BCUT2D eigenvalue weighted by Crippen LogP contribution is 1.76. The van der Waals surface area contributed by atoms with Gasteiger partial charge in [-0.05, 0) is 0 Å². The van der Waals surface area contributed by atoms with Gasteiger partial charge in [-0.25, -0.2) is 0 Å². The van der Waals surface area contributed by atoms with Gasteiger partial charge in [0.15, 0.2) is 0 Å². The van der Waals surface area contributed by atoms with E-state index in [1.54, 1.807) is 0 Å². The molecule has 0 aliphatic carbocycles. The predicted molar refractivity (Wildman–Crippen MR) is 38.4 cm³/mol. The Morgan fingerprint density at radius 3 is 1.75 bits per heavy atom. The van der Waals surface area contributed by atoms with E-state index in [4.69, 9.17) is 4.74 Å². The molecule has 1 saturated heterocycles. The monoisotopic (exact) mass is 139 g/mol. The molecule has 0 aromatic rings. The quantitative estimate of drug-likeness (QED) is 0.430. The average Bonchev–Trinajstić information content (AvgIpc) is 1.72. The van der Waals surface area contributed by atoms with Crippen LogP contribution in [0.1, 0.15) is 0 Å². The molecule has 0 spiro atoms. The maximum Gasteiger partial charge on any atom is 0.0591 e. The van der Waals surface area contributed by atoms with Crippen LogP contribution in [0.3, 0.4) is 0 Å². The second-order valence-corrected chi connectivity index (χ2v) is 1.36. The first-order valence-electron chi connectivity index (χ1n) is 2.28. The minimum Gasteiger partial charge on any atom is -0.412 e. The number of nitrogens with one attached hydrogen (secondary N) is 1. The first-order valence-corrected chi connectivity index (χ1v) is 2.28. The maximum atomic E-state index is 5.01. The summed E-state index contributed by atoms with van der Waals surface area (Å²) in [4.78, 5) is 0. The van der Waals surface area contributed by atoms with Crippen LogP contribution in [0.2, 0.25) is 0 Å². The summed E-state index contributed by atoms with van der Waals surface area (Å²) in [5.41, 5.74) is 0. The van der Waals surface area contributed by atoms with Crippen LogP contribution >= 0.6 is 9.90 Å². The fourth-order valence-electron chi connectivity index (χ4n) is 0.516. The topological polar surface area (TPSA) is 52.8 Å². The number of rotatable bonds is 0. The highest BCUT2D eigenvalue weighted by molar-refractivity contribution is 6.92. The molecule has 3 N–H and O–H groups in total. The first kappa shape index (κ1) is 11.2. The second kappa shape index (κ2) is 7.31. The van der Waals surface area contributed by atoms with Crippen LogP contribution in [0.5, 0.6) is 0 Å². The molecule has 1 atom stereocenters. The molecule has 1 aliphatic rings. The molecule has 52 valence electrons. The van der Waals surface area contributed by atoms with Gasteiger partial charge in [0.1, 0.15) is 0 Å². The third-order valence-electron chi connectivity index (χ3n) is 0.846. The summed E-state index contributed by atoms with van der Waals surface area (Å²) in [5, 5.41) is 3.16. The molecule has 0 saturated carbocycles. The molecule has 0 radical (unpaired) electrons. The Morgan fingerprint density at radius 2 is 1.62 bits per heavy atom. The van der Waals surface area contributed by atoms with Crippen LogP contribution in [0.15, 0.2) is 0 Å². The van der Waals surface area contributed by atoms with Crippen LogP contribution < -0.4 is 5.32 Å². The lowest BCUT2D eigenvalue weighted by molar-refractivity contribution is 0.109. The maximum absolute atomic E-state index is 5.01. The van der Waals surface area contributed by atoms with Crippen molar-refractivity contribution in [2.24, 2.45) is 0 Å². The Kier molecular flexibility index (Phi) is 10.2. The van der Waals surface area contributed by atoms with Crippen molar-refractivity contribution in [1.82, 2.24) is 5.32 Å². The van der Waals surface area contributed by atoms with Crippen molar-refractivity contribution in [1.29, 1.82) is 0 Å². The predicted octanol–water partition coefficient (Wildman–Crippen LogP) is -1.16. The van der Waals surface area contributed by atoms with Gasteiger partial charge in [0.2, 0.25) is 0 Å². The van der Waals surface area contributed by atoms with E-state index in [1.807, 2.05) is 0 Å². The number of hydrogen-bond donors (Lipinski definition) is 1. The van der Waals surface area contributed by atoms with Gasteiger partial charge in [-0.15, -0.1) is 0 Å². The second-order valence-electron chi connectivity index (χ2n) is 1.36. The van der Waals surface area contributed by atoms with Crippen LogP contribution in [-0.2, 0) is 4.74 Å². The SMILES string of the molecule is C1COCCN1.O.P. The fraction of sp³-hybridized carbons (Fsp3) is 1.00. The van der Waals surface area contributed by atoms with Crippen molar-refractivity contribution in [2.45, 2.75) is 0 Å². The van der Waals surface area contributed by atoms with Crippen molar-refractivity contribution >= 4 is 9.90 Å². The van der Waals surface area contributed by atoms with Gasteiger partial charge < -0.3 is 15.5 Å². The van der Waals surface area contributed by atoms with Gasteiger partial charge in [-0.3, -0.25) is 0 Å². The van der Waals surface area contributed by atoms with Gasteiger partial charge in [0.05, 0.1) is 13.2 Å². The number of morpholine rings is 1. The Hall–Kier alpha value is 0.310. The van der Waals surface area contributed by atoms with E-state index in [-0.39, 0.29) is 15.4 Å². The van der Waals surface area contributed by atoms with Crippen molar-refractivity contribution < 1.29 is 10.2 Å². The van der Waals surface area contributed by atoms with Crippen molar-refractivity contribution in [2.75, 3.05) is 26.3 Å². The summed E-state index contributed by atoms with van der Waals surface area (Å²) >= 11 is 0. The van der Waals surface area contributed by atoms with E-state index in [2.05, 4.69) is 5.32 Å². The molecular weight excluding hydrogens is 125 g/mol.